The third kappa shape index (κ3) is 4.82. The summed E-state index contributed by atoms with van der Waals surface area (Å²) in [6.07, 6.45) is 0. The van der Waals surface area contributed by atoms with Crippen molar-refractivity contribution in [3.05, 3.63) is 68.9 Å². The molecule has 0 fully saturated rings. The second-order valence-electron chi connectivity index (χ2n) is 5.22. The fourth-order valence-electron chi connectivity index (χ4n) is 2.06. The van der Waals surface area contributed by atoms with E-state index >= 15 is 0 Å². The SMILES string of the molecule is Cn1c(COc2ccc(Cl)cc2)nnc1SCc1ccc(Cl)cc1Cl. The average Bonchev–Trinajstić information content (AvgIpc) is 2.94. The van der Waals surface area contributed by atoms with Crippen molar-refractivity contribution in [1.82, 2.24) is 14.8 Å². The second-order valence-corrected chi connectivity index (χ2v) is 7.45. The molecule has 3 rings (SSSR count). The Labute approximate surface area is 165 Å². The Kier molecular flexibility index (Phi) is 6.12. The van der Waals surface area contributed by atoms with Crippen molar-refractivity contribution in [3.8, 4) is 5.75 Å². The van der Waals surface area contributed by atoms with E-state index in [4.69, 9.17) is 39.5 Å². The third-order valence-electron chi connectivity index (χ3n) is 3.48. The van der Waals surface area contributed by atoms with Gasteiger partial charge in [-0.15, -0.1) is 10.2 Å². The van der Waals surface area contributed by atoms with Gasteiger partial charge in [-0.1, -0.05) is 52.6 Å². The zero-order chi connectivity index (χ0) is 17.8. The van der Waals surface area contributed by atoms with Crippen molar-refractivity contribution in [2.24, 2.45) is 7.05 Å². The molecule has 2 aromatic carbocycles. The van der Waals surface area contributed by atoms with Gasteiger partial charge in [0.25, 0.3) is 0 Å². The van der Waals surface area contributed by atoms with Gasteiger partial charge in [0, 0.05) is 27.9 Å². The lowest BCUT2D eigenvalue weighted by Gasteiger charge is -2.07. The maximum atomic E-state index is 6.20. The van der Waals surface area contributed by atoms with E-state index in [0.29, 0.717) is 27.4 Å². The Hall–Kier alpha value is -1.40. The first-order valence-corrected chi connectivity index (χ1v) is 9.48. The van der Waals surface area contributed by atoms with Crippen LogP contribution in [-0.2, 0) is 19.4 Å². The molecule has 1 aromatic heterocycles. The van der Waals surface area contributed by atoms with Crippen LogP contribution in [0.3, 0.4) is 0 Å². The lowest BCUT2D eigenvalue weighted by molar-refractivity contribution is 0.290. The molecule has 0 aliphatic heterocycles. The minimum Gasteiger partial charge on any atom is -0.486 e. The Morgan fingerprint density at radius 3 is 2.44 bits per heavy atom. The van der Waals surface area contributed by atoms with Crippen LogP contribution in [-0.4, -0.2) is 14.8 Å². The highest BCUT2D eigenvalue weighted by Crippen LogP contribution is 2.28. The molecule has 0 N–H and O–H groups in total. The summed E-state index contributed by atoms with van der Waals surface area (Å²) in [4.78, 5) is 0. The van der Waals surface area contributed by atoms with Crippen molar-refractivity contribution in [1.29, 1.82) is 0 Å². The Morgan fingerprint density at radius 2 is 1.72 bits per heavy atom. The van der Waals surface area contributed by atoms with Crippen LogP contribution in [0.1, 0.15) is 11.4 Å². The maximum absolute atomic E-state index is 6.20. The van der Waals surface area contributed by atoms with Crippen molar-refractivity contribution in [2.75, 3.05) is 0 Å². The predicted octanol–water partition coefficient (Wildman–Crippen LogP) is 5.65. The van der Waals surface area contributed by atoms with E-state index in [-0.39, 0.29) is 0 Å². The van der Waals surface area contributed by atoms with Crippen molar-refractivity contribution < 1.29 is 4.74 Å². The molecule has 0 saturated carbocycles. The lowest BCUT2D eigenvalue weighted by atomic mass is 10.2. The number of aromatic nitrogens is 3. The molecule has 0 aliphatic carbocycles. The number of halogens is 3. The molecule has 1 heterocycles. The summed E-state index contributed by atoms with van der Waals surface area (Å²) >= 11 is 19.5. The van der Waals surface area contributed by atoms with Gasteiger partial charge in [-0.25, -0.2) is 0 Å². The molecular weight excluding hydrogens is 401 g/mol. The number of hydrogen-bond donors (Lipinski definition) is 0. The first-order valence-electron chi connectivity index (χ1n) is 7.36. The molecule has 0 aliphatic rings. The average molecular weight is 415 g/mol. The van der Waals surface area contributed by atoms with E-state index in [1.165, 1.54) is 0 Å². The standard InChI is InChI=1S/C17H14Cl3N3OS/c1-23-16(9-24-14-6-4-12(18)5-7-14)21-22-17(23)25-10-11-2-3-13(19)8-15(11)20/h2-8H,9-10H2,1H3. The fraction of sp³-hybridized carbons (Fsp3) is 0.176. The normalized spacial score (nSPS) is 10.9. The molecule has 25 heavy (non-hydrogen) atoms. The molecule has 0 unspecified atom stereocenters. The molecule has 8 heteroatoms. The molecule has 0 saturated heterocycles. The van der Waals surface area contributed by atoms with Gasteiger partial charge < -0.3 is 9.30 Å². The van der Waals surface area contributed by atoms with Crippen molar-refractivity contribution >= 4 is 46.6 Å². The lowest BCUT2D eigenvalue weighted by Crippen LogP contribution is -2.04. The molecule has 4 nitrogen and oxygen atoms in total. The van der Waals surface area contributed by atoms with Gasteiger partial charge in [-0.3, -0.25) is 0 Å². The summed E-state index contributed by atoms with van der Waals surface area (Å²) in [5, 5.41) is 11.1. The number of hydrogen-bond acceptors (Lipinski definition) is 4. The monoisotopic (exact) mass is 413 g/mol. The zero-order valence-corrected chi connectivity index (χ0v) is 16.3. The van der Waals surface area contributed by atoms with Gasteiger partial charge in [0.2, 0.25) is 0 Å². The van der Waals surface area contributed by atoms with Crippen LogP contribution in [0.2, 0.25) is 15.1 Å². The van der Waals surface area contributed by atoms with E-state index in [1.807, 2.05) is 35.9 Å². The van der Waals surface area contributed by atoms with E-state index in [0.717, 1.165) is 22.3 Å². The Balaban J connectivity index is 1.61. The summed E-state index contributed by atoms with van der Waals surface area (Å²) < 4.78 is 7.62. The topological polar surface area (TPSA) is 39.9 Å². The molecule has 130 valence electrons. The Bertz CT molecular complexity index is 868. The second kappa shape index (κ2) is 8.32. The number of ether oxygens (including phenoxy) is 1. The first kappa shape index (κ1) is 18.4. The zero-order valence-electron chi connectivity index (χ0n) is 13.2. The van der Waals surface area contributed by atoms with Gasteiger partial charge in [-0.05, 0) is 42.0 Å². The van der Waals surface area contributed by atoms with Crippen LogP contribution < -0.4 is 4.74 Å². The highest BCUT2D eigenvalue weighted by Gasteiger charge is 2.11. The van der Waals surface area contributed by atoms with E-state index in [2.05, 4.69) is 10.2 Å². The molecular formula is C17H14Cl3N3OS. The summed E-state index contributed by atoms with van der Waals surface area (Å²) in [5.74, 6) is 2.15. The van der Waals surface area contributed by atoms with E-state index in [9.17, 15) is 0 Å². The number of thioether (sulfide) groups is 1. The molecule has 0 spiro atoms. The van der Waals surface area contributed by atoms with Crippen molar-refractivity contribution in [3.63, 3.8) is 0 Å². The summed E-state index contributed by atoms with van der Waals surface area (Å²) in [6, 6.07) is 12.7. The summed E-state index contributed by atoms with van der Waals surface area (Å²) in [6.45, 7) is 0.327. The number of nitrogens with zero attached hydrogens (tertiary/aromatic N) is 3. The van der Waals surface area contributed by atoms with E-state index in [1.54, 1.807) is 30.0 Å². The van der Waals surface area contributed by atoms with Gasteiger partial charge in [-0.2, -0.15) is 0 Å². The highest BCUT2D eigenvalue weighted by atomic mass is 35.5. The largest absolute Gasteiger partial charge is 0.486 e. The smallest absolute Gasteiger partial charge is 0.191 e. The maximum Gasteiger partial charge on any atom is 0.191 e. The van der Waals surface area contributed by atoms with Gasteiger partial charge in [0.1, 0.15) is 12.4 Å². The molecule has 0 radical (unpaired) electrons. The predicted molar refractivity (Wildman–Crippen MR) is 103 cm³/mol. The van der Waals surface area contributed by atoms with Crippen LogP contribution in [0.15, 0.2) is 47.6 Å². The van der Waals surface area contributed by atoms with Crippen LogP contribution in [0.4, 0.5) is 0 Å². The fourth-order valence-corrected chi connectivity index (χ4v) is 3.67. The van der Waals surface area contributed by atoms with Crippen LogP contribution >= 0.6 is 46.6 Å². The number of rotatable bonds is 6. The van der Waals surface area contributed by atoms with E-state index < -0.39 is 0 Å². The molecule has 0 atom stereocenters. The molecule has 3 aromatic rings. The van der Waals surface area contributed by atoms with Crippen LogP contribution in [0.25, 0.3) is 0 Å². The molecule has 0 bridgehead atoms. The third-order valence-corrected chi connectivity index (χ3v) is 5.39. The van der Waals surface area contributed by atoms with Gasteiger partial charge in [0.05, 0.1) is 0 Å². The van der Waals surface area contributed by atoms with Gasteiger partial charge >= 0.3 is 0 Å². The van der Waals surface area contributed by atoms with Crippen LogP contribution in [0.5, 0.6) is 5.75 Å². The van der Waals surface area contributed by atoms with Gasteiger partial charge in [0.15, 0.2) is 11.0 Å². The first-order chi connectivity index (χ1) is 12.0. The van der Waals surface area contributed by atoms with Crippen molar-refractivity contribution in [2.45, 2.75) is 17.5 Å². The quantitative estimate of drug-likeness (QED) is 0.489. The number of benzene rings is 2. The minimum absolute atomic E-state index is 0.327. The minimum atomic E-state index is 0.327. The van der Waals surface area contributed by atoms with Crippen LogP contribution in [0, 0.1) is 0 Å². The molecule has 0 amide bonds. The highest BCUT2D eigenvalue weighted by molar-refractivity contribution is 7.98. The summed E-state index contributed by atoms with van der Waals surface area (Å²) in [5.41, 5.74) is 0.998. The summed E-state index contributed by atoms with van der Waals surface area (Å²) in [7, 11) is 1.91. The Morgan fingerprint density at radius 1 is 1.00 bits per heavy atom.